The third kappa shape index (κ3) is 5.40. The fourth-order valence-corrected chi connectivity index (χ4v) is 4.18. The van der Waals surface area contributed by atoms with Gasteiger partial charge in [0.15, 0.2) is 0 Å². The maximum absolute atomic E-state index is 15.1. The van der Waals surface area contributed by atoms with Crippen LogP contribution in [0.15, 0.2) is 64.9 Å². The van der Waals surface area contributed by atoms with Crippen molar-refractivity contribution in [3.63, 3.8) is 0 Å². The number of halogens is 1. The van der Waals surface area contributed by atoms with Gasteiger partial charge in [-0.25, -0.2) is 4.39 Å². The van der Waals surface area contributed by atoms with E-state index in [2.05, 4.69) is 23.4 Å². The number of aliphatic imine (C=N–C) groups is 1. The molecular formula is C28H31FN2O. The third-order valence-electron chi connectivity index (χ3n) is 6.17. The Bertz CT molecular complexity index is 1080. The normalized spacial score (nSPS) is 15.1. The minimum Gasteiger partial charge on any atom is -0.381 e. The first-order valence-electron chi connectivity index (χ1n) is 11.1. The van der Waals surface area contributed by atoms with Crippen LogP contribution in [0.5, 0.6) is 0 Å². The molecule has 32 heavy (non-hydrogen) atoms. The molecular weight excluding hydrogens is 399 g/mol. The van der Waals surface area contributed by atoms with Gasteiger partial charge in [0.2, 0.25) is 0 Å². The summed E-state index contributed by atoms with van der Waals surface area (Å²) in [4.78, 5) is 4.61. The highest BCUT2D eigenvalue weighted by Gasteiger charge is 2.19. The molecule has 0 spiro atoms. The van der Waals surface area contributed by atoms with E-state index in [1.54, 1.807) is 12.3 Å². The molecule has 0 aromatic heterocycles. The van der Waals surface area contributed by atoms with E-state index in [4.69, 9.17) is 10.1 Å². The van der Waals surface area contributed by atoms with Crippen molar-refractivity contribution >= 4 is 18.1 Å². The average Bonchev–Trinajstić information content (AvgIpc) is 2.80. The van der Waals surface area contributed by atoms with Crippen LogP contribution in [0.3, 0.4) is 0 Å². The van der Waals surface area contributed by atoms with Gasteiger partial charge in [-0.2, -0.15) is 0 Å². The summed E-state index contributed by atoms with van der Waals surface area (Å²) in [5, 5.41) is 7.52. The second kappa shape index (κ2) is 11.0. The van der Waals surface area contributed by atoms with Gasteiger partial charge in [0.05, 0.1) is 5.69 Å². The summed E-state index contributed by atoms with van der Waals surface area (Å²) >= 11 is 0. The molecule has 1 N–H and O–H groups in total. The number of allylic oxidation sites excluding steroid dienone is 3. The fraction of sp³-hybridized carbons (Fsp3) is 0.321. The van der Waals surface area contributed by atoms with E-state index in [1.165, 1.54) is 6.21 Å². The molecule has 1 fully saturated rings. The number of nitrogens with one attached hydrogen (secondary N) is 1. The molecule has 1 heterocycles. The molecule has 0 aliphatic carbocycles. The van der Waals surface area contributed by atoms with Gasteiger partial charge in [-0.1, -0.05) is 30.9 Å². The Morgan fingerprint density at radius 3 is 2.66 bits per heavy atom. The maximum atomic E-state index is 15.1. The Morgan fingerprint density at radius 2 is 2.03 bits per heavy atom. The third-order valence-corrected chi connectivity index (χ3v) is 6.17. The molecule has 2 aromatic carbocycles. The summed E-state index contributed by atoms with van der Waals surface area (Å²) in [6, 6.07) is 9.59. The Balaban J connectivity index is 1.91. The number of benzene rings is 2. The quantitative estimate of drug-likeness (QED) is 0.284. The van der Waals surface area contributed by atoms with Gasteiger partial charge >= 0.3 is 0 Å². The molecule has 1 aliphatic rings. The maximum Gasteiger partial charge on any atom is 0.127 e. The van der Waals surface area contributed by atoms with E-state index in [1.807, 2.05) is 45.0 Å². The number of rotatable bonds is 7. The van der Waals surface area contributed by atoms with Crippen molar-refractivity contribution in [2.75, 3.05) is 13.2 Å². The van der Waals surface area contributed by atoms with Gasteiger partial charge in [-0.05, 0) is 85.9 Å². The molecule has 0 radical (unpaired) electrons. The molecule has 0 unspecified atom stereocenters. The van der Waals surface area contributed by atoms with Gasteiger partial charge in [0, 0.05) is 36.8 Å². The van der Waals surface area contributed by atoms with Crippen LogP contribution in [-0.2, 0) is 11.2 Å². The molecule has 0 bridgehead atoms. The molecule has 2 aromatic rings. The minimum absolute atomic E-state index is 0.139. The lowest BCUT2D eigenvalue weighted by molar-refractivity contribution is 0.0662. The van der Waals surface area contributed by atoms with Crippen LogP contribution in [0.2, 0.25) is 0 Å². The Kier molecular flexibility index (Phi) is 8.10. The van der Waals surface area contributed by atoms with Crippen LogP contribution in [0.4, 0.5) is 10.1 Å². The van der Waals surface area contributed by atoms with Gasteiger partial charge in [-0.15, -0.1) is 5.73 Å². The summed E-state index contributed by atoms with van der Waals surface area (Å²) in [5.41, 5.74) is 9.59. The monoisotopic (exact) mass is 430 g/mol. The van der Waals surface area contributed by atoms with Gasteiger partial charge in [0.1, 0.15) is 5.82 Å². The van der Waals surface area contributed by atoms with Crippen molar-refractivity contribution in [1.82, 2.24) is 0 Å². The number of hydrogen-bond donors (Lipinski definition) is 1. The predicted molar refractivity (Wildman–Crippen MR) is 132 cm³/mol. The molecule has 0 atom stereocenters. The Labute approximate surface area is 190 Å². The van der Waals surface area contributed by atoms with E-state index in [0.29, 0.717) is 17.1 Å². The highest BCUT2D eigenvalue weighted by Crippen LogP contribution is 2.33. The molecule has 0 saturated carbocycles. The standard InChI is InChI=1S/C28H31FN2O/c1-5-22(17-30)23(6-2)18-31-28-9-7-8-25(20(28)4)24-14-19(3)26(27(29)16-24)15-21-10-12-32-13-11-21/h5,7-9,14,16-18,21,30H,2,10-13,15H2,1,3-4H3/b22-5+,30-17?,31-18?. The molecule has 4 heteroatoms. The average molecular weight is 431 g/mol. The zero-order valence-electron chi connectivity index (χ0n) is 19.2. The number of ether oxygens (including phenoxy) is 1. The Hall–Kier alpha value is -3.07. The lowest BCUT2D eigenvalue weighted by Crippen LogP contribution is -2.18. The summed E-state index contributed by atoms with van der Waals surface area (Å²) in [5.74, 6) is 0.345. The zero-order valence-corrected chi connectivity index (χ0v) is 19.2. The van der Waals surface area contributed by atoms with Crippen LogP contribution in [0.1, 0.15) is 36.5 Å². The van der Waals surface area contributed by atoms with Crippen molar-refractivity contribution < 1.29 is 9.13 Å². The van der Waals surface area contributed by atoms with Gasteiger partial charge in [0.25, 0.3) is 0 Å². The van der Waals surface area contributed by atoms with E-state index in [0.717, 1.165) is 66.0 Å². The topological polar surface area (TPSA) is 45.4 Å². The summed E-state index contributed by atoms with van der Waals surface area (Å²) in [6.45, 7) is 11.1. The first-order chi connectivity index (χ1) is 15.5. The van der Waals surface area contributed by atoms with Crippen molar-refractivity contribution in [3.8, 4) is 11.1 Å². The highest BCUT2D eigenvalue weighted by molar-refractivity contribution is 5.98. The van der Waals surface area contributed by atoms with E-state index < -0.39 is 0 Å². The second-order valence-electron chi connectivity index (χ2n) is 8.20. The summed E-state index contributed by atoms with van der Waals surface area (Å²) < 4.78 is 20.6. The number of hydrogen-bond acceptors (Lipinski definition) is 3. The summed E-state index contributed by atoms with van der Waals surface area (Å²) in [7, 11) is 0. The van der Waals surface area contributed by atoms with Crippen molar-refractivity contribution in [3.05, 3.63) is 82.4 Å². The largest absolute Gasteiger partial charge is 0.381 e. The van der Waals surface area contributed by atoms with Crippen LogP contribution in [-0.4, -0.2) is 25.6 Å². The molecule has 1 aliphatic heterocycles. The number of nitrogens with zero attached hydrogens (tertiary/aromatic N) is 1. The van der Waals surface area contributed by atoms with Crippen molar-refractivity contribution in [1.29, 1.82) is 5.41 Å². The van der Waals surface area contributed by atoms with E-state index in [9.17, 15) is 0 Å². The molecule has 1 saturated heterocycles. The van der Waals surface area contributed by atoms with E-state index in [-0.39, 0.29) is 5.82 Å². The van der Waals surface area contributed by atoms with Crippen LogP contribution in [0, 0.1) is 31.0 Å². The van der Waals surface area contributed by atoms with Crippen molar-refractivity contribution in [2.45, 2.75) is 40.0 Å². The van der Waals surface area contributed by atoms with Gasteiger partial charge in [-0.3, -0.25) is 4.99 Å². The van der Waals surface area contributed by atoms with Crippen LogP contribution in [0.25, 0.3) is 11.1 Å². The zero-order chi connectivity index (χ0) is 23.1. The first-order valence-corrected chi connectivity index (χ1v) is 11.1. The lowest BCUT2D eigenvalue weighted by Gasteiger charge is -2.23. The second-order valence-corrected chi connectivity index (χ2v) is 8.20. The molecule has 3 rings (SSSR count). The lowest BCUT2D eigenvalue weighted by atomic mass is 9.88. The highest BCUT2D eigenvalue weighted by atomic mass is 19.1. The van der Waals surface area contributed by atoms with Crippen molar-refractivity contribution in [2.24, 2.45) is 10.9 Å². The van der Waals surface area contributed by atoms with Crippen LogP contribution < -0.4 is 0 Å². The molecule has 0 amide bonds. The van der Waals surface area contributed by atoms with E-state index >= 15 is 4.39 Å². The smallest absolute Gasteiger partial charge is 0.127 e. The molecule has 166 valence electrons. The SMILES string of the molecule is C=C=C(C=Nc1cccc(-c2cc(C)c(CC3CCOCC3)c(F)c2)c1C)/C(C=N)=C/C. The van der Waals surface area contributed by atoms with Gasteiger partial charge < -0.3 is 10.1 Å². The summed E-state index contributed by atoms with van der Waals surface area (Å²) in [6.07, 6.45) is 7.51. The fourth-order valence-electron chi connectivity index (χ4n) is 4.18. The molecule has 3 nitrogen and oxygen atoms in total. The number of aryl methyl sites for hydroxylation is 1. The minimum atomic E-state index is -0.139. The first kappa shape index (κ1) is 23.6. The predicted octanol–water partition coefficient (Wildman–Crippen LogP) is 7.09. The Morgan fingerprint density at radius 1 is 1.28 bits per heavy atom. The van der Waals surface area contributed by atoms with Crippen LogP contribution >= 0.6 is 0 Å².